The monoisotopic (exact) mass is 428 g/mol. The minimum absolute atomic E-state index is 0.00840. The van der Waals surface area contributed by atoms with Crippen molar-refractivity contribution in [1.82, 2.24) is 10.2 Å². The molecule has 2 aromatic rings. The van der Waals surface area contributed by atoms with Crippen LogP contribution in [0.1, 0.15) is 58.6 Å². The first-order valence-corrected chi connectivity index (χ1v) is 10.7. The van der Waals surface area contributed by atoms with Crippen molar-refractivity contribution < 1.29 is 18.4 Å². The van der Waals surface area contributed by atoms with Crippen LogP contribution in [-0.2, 0) is 9.59 Å². The summed E-state index contributed by atoms with van der Waals surface area (Å²) in [5.74, 6) is -1.39. The second-order valence-corrected chi connectivity index (χ2v) is 9.43. The molecule has 166 valence electrons. The van der Waals surface area contributed by atoms with Gasteiger partial charge in [0, 0.05) is 13.0 Å². The molecule has 1 fully saturated rings. The number of nitrogens with zero attached hydrogens (tertiary/aromatic N) is 1. The molecule has 0 radical (unpaired) electrons. The third-order valence-electron chi connectivity index (χ3n) is 5.58. The van der Waals surface area contributed by atoms with E-state index in [0.717, 1.165) is 12.0 Å². The van der Waals surface area contributed by atoms with E-state index < -0.39 is 17.7 Å². The maximum Gasteiger partial charge on any atom is 0.243 e. The molecule has 0 spiro atoms. The van der Waals surface area contributed by atoms with Gasteiger partial charge in [-0.05, 0) is 48.4 Å². The minimum atomic E-state index is -0.615. The molecule has 31 heavy (non-hydrogen) atoms. The first-order chi connectivity index (χ1) is 14.6. The third kappa shape index (κ3) is 5.49. The number of rotatable bonds is 5. The molecule has 1 heterocycles. The van der Waals surface area contributed by atoms with E-state index in [2.05, 4.69) is 5.32 Å². The van der Waals surface area contributed by atoms with Gasteiger partial charge in [-0.1, -0.05) is 51.1 Å². The lowest BCUT2D eigenvalue weighted by Crippen LogP contribution is -2.47. The number of amides is 2. The molecule has 4 nitrogen and oxygen atoms in total. The zero-order valence-corrected chi connectivity index (χ0v) is 18.5. The Hall–Kier alpha value is -2.76. The van der Waals surface area contributed by atoms with E-state index in [1.165, 1.54) is 18.2 Å². The van der Waals surface area contributed by atoms with Crippen molar-refractivity contribution in [2.75, 3.05) is 6.54 Å². The van der Waals surface area contributed by atoms with Gasteiger partial charge in [-0.2, -0.15) is 0 Å². The zero-order chi connectivity index (χ0) is 22.8. The van der Waals surface area contributed by atoms with Gasteiger partial charge in [-0.3, -0.25) is 9.59 Å². The molecule has 3 rings (SSSR count). The molecule has 0 saturated carbocycles. The van der Waals surface area contributed by atoms with Crippen molar-refractivity contribution in [2.24, 2.45) is 5.41 Å². The number of halogens is 2. The first kappa shape index (κ1) is 22.9. The molecule has 2 amide bonds. The van der Waals surface area contributed by atoms with Gasteiger partial charge in [-0.15, -0.1) is 0 Å². The van der Waals surface area contributed by atoms with Crippen molar-refractivity contribution in [3.05, 3.63) is 59.7 Å². The van der Waals surface area contributed by atoms with Gasteiger partial charge in [0.2, 0.25) is 11.8 Å². The van der Waals surface area contributed by atoms with Gasteiger partial charge in [-0.25, -0.2) is 8.78 Å². The van der Waals surface area contributed by atoms with Gasteiger partial charge in [0.15, 0.2) is 0 Å². The highest BCUT2D eigenvalue weighted by Gasteiger charge is 2.35. The Morgan fingerprint density at radius 1 is 1.10 bits per heavy atom. The van der Waals surface area contributed by atoms with Gasteiger partial charge < -0.3 is 10.2 Å². The van der Waals surface area contributed by atoms with E-state index >= 15 is 0 Å². The molecule has 0 aromatic heterocycles. The predicted molar refractivity (Wildman–Crippen MR) is 117 cm³/mol. The van der Waals surface area contributed by atoms with Gasteiger partial charge in [0.1, 0.15) is 17.7 Å². The van der Waals surface area contributed by atoms with Gasteiger partial charge in [0.25, 0.3) is 0 Å². The number of hydrogen-bond acceptors (Lipinski definition) is 2. The van der Waals surface area contributed by atoms with Crippen LogP contribution in [0, 0.1) is 17.0 Å². The Balaban J connectivity index is 1.67. The second kappa shape index (κ2) is 9.16. The summed E-state index contributed by atoms with van der Waals surface area (Å²) in [6, 6.07) is 9.83. The SMILES string of the molecule is CC(NC(=O)C1CCCN1C(=O)CC(C)(C)C)c1ccc(-c2c(F)cccc2F)cc1. The fourth-order valence-electron chi connectivity index (χ4n) is 4.00. The van der Waals surface area contributed by atoms with Crippen LogP contribution in [0.3, 0.4) is 0 Å². The van der Waals surface area contributed by atoms with Crippen molar-refractivity contribution in [2.45, 2.75) is 59.0 Å². The van der Waals surface area contributed by atoms with Crippen molar-refractivity contribution in [3.8, 4) is 11.1 Å². The summed E-state index contributed by atoms with van der Waals surface area (Å²) >= 11 is 0. The highest BCUT2D eigenvalue weighted by Crippen LogP contribution is 2.28. The molecule has 1 N–H and O–H groups in total. The maximum absolute atomic E-state index is 14.0. The second-order valence-electron chi connectivity index (χ2n) is 9.43. The van der Waals surface area contributed by atoms with Crippen LogP contribution in [0.5, 0.6) is 0 Å². The Kier molecular flexibility index (Phi) is 6.77. The fraction of sp³-hybridized carbons (Fsp3) is 0.440. The van der Waals surface area contributed by atoms with E-state index in [1.807, 2.05) is 27.7 Å². The van der Waals surface area contributed by atoms with E-state index in [-0.39, 0.29) is 28.8 Å². The molecule has 2 atom stereocenters. The van der Waals surface area contributed by atoms with Crippen LogP contribution in [0.2, 0.25) is 0 Å². The van der Waals surface area contributed by atoms with Crippen LogP contribution in [0.15, 0.2) is 42.5 Å². The van der Waals surface area contributed by atoms with Crippen molar-refractivity contribution >= 4 is 11.8 Å². The van der Waals surface area contributed by atoms with Crippen molar-refractivity contribution in [3.63, 3.8) is 0 Å². The summed E-state index contributed by atoms with van der Waals surface area (Å²) in [7, 11) is 0. The fourth-order valence-corrected chi connectivity index (χ4v) is 4.00. The summed E-state index contributed by atoms with van der Waals surface area (Å²) in [5.41, 5.74) is 1.06. The molecular formula is C25H30F2N2O2. The maximum atomic E-state index is 14.0. The average molecular weight is 429 g/mol. The summed E-state index contributed by atoms with van der Waals surface area (Å²) < 4.78 is 28.0. The molecule has 2 unspecified atom stereocenters. The van der Waals surface area contributed by atoms with E-state index in [9.17, 15) is 18.4 Å². The number of likely N-dealkylation sites (tertiary alicyclic amines) is 1. The van der Waals surface area contributed by atoms with Crippen LogP contribution in [-0.4, -0.2) is 29.3 Å². The lowest BCUT2D eigenvalue weighted by atomic mass is 9.91. The van der Waals surface area contributed by atoms with Crippen LogP contribution >= 0.6 is 0 Å². The smallest absolute Gasteiger partial charge is 0.243 e. The molecule has 0 aliphatic carbocycles. The molecule has 1 aliphatic heterocycles. The van der Waals surface area contributed by atoms with E-state index in [0.29, 0.717) is 24.9 Å². The molecule has 6 heteroatoms. The van der Waals surface area contributed by atoms with E-state index in [1.54, 1.807) is 29.2 Å². The Bertz CT molecular complexity index is 931. The van der Waals surface area contributed by atoms with Crippen LogP contribution in [0.25, 0.3) is 11.1 Å². The van der Waals surface area contributed by atoms with Crippen LogP contribution < -0.4 is 5.32 Å². The lowest BCUT2D eigenvalue weighted by Gasteiger charge is -2.28. The molecule has 0 bridgehead atoms. The third-order valence-corrected chi connectivity index (χ3v) is 5.58. The molecule has 1 saturated heterocycles. The van der Waals surface area contributed by atoms with Gasteiger partial charge in [0.05, 0.1) is 11.6 Å². The number of carbonyl (C=O) groups excluding carboxylic acids is 2. The van der Waals surface area contributed by atoms with Gasteiger partial charge >= 0.3 is 0 Å². The minimum Gasteiger partial charge on any atom is -0.348 e. The highest BCUT2D eigenvalue weighted by atomic mass is 19.1. The Morgan fingerprint density at radius 3 is 2.29 bits per heavy atom. The number of nitrogens with one attached hydrogen (secondary N) is 1. The Labute approximate surface area is 182 Å². The summed E-state index contributed by atoms with van der Waals surface area (Å²) in [6.07, 6.45) is 1.87. The number of hydrogen-bond donors (Lipinski definition) is 1. The summed E-state index contributed by atoms with van der Waals surface area (Å²) in [4.78, 5) is 27.2. The molecule has 2 aromatic carbocycles. The Morgan fingerprint density at radius 2 is 1.71 bits per heavy atom. The molecule has 1 aliphatic rings. The topological polar surface area (TPSA) is 49.4 Å². The number of carbonyl (C=O) groups is 2. The van der Waals surface area contributed by atoms with E-state index in [4.69, 9.17) is 0 Å². The average Bonchev–Trinajstić information content (AvgIpc) is 3.17. The summed E-state index contributed by atoms with van der Waals surface area (Å²) in [5, 5.41) is 2.99. The predicted octanol–water partition coefficient (Wildman–Crippen LogP) is 5.24. The number of benzene rings is 2. The first-order valence-electron chi connectivity index (χ1n) is 10.7. The normalized spacial score (nSPS) is 17.5. The quantitative estimate of drug-likeness (QED) is 0.708. The summed E-state index contributed by atoms with van der Waals surface area (Å²) in [6.45, 7) is 8.48. The largest absolute Gasteiger partial charge is 0.348 e. The molecular weight excluding hydrogens is 398 g/mol. The highest BCUT2D eigenvalue weighted by molar-refractivity contribution is 5.88. The van der Waals surface area contributed by atoms with Crippen LogP contribution in [0.4, 0.5) is 8.78 Å². The van der Waals surface area contributed by atoms with Crippen molar-refractivity contribution in [1.29, 1.82) is 0 Å². The standard InChI is InChI=1S/C25H30F2N2O2/c1-16(17-10-12-18(13-11-17)23-19(26)7-5-8-20(23)27)28-24(31)21-9-6-14-29(21)22(30)15-25(2,3)4/h5,7-8,10-13,16,21H,6,9,14-15H2,1-4H3,(H,28,31). The lowest BCUT2D eigenvalue weighted by molar-refractivity contribution is -0.140. The zero-order valence-electron chi connectivity index (χ0n) is 18.5.